The number of carbonyl (C=O) groups is 1. The number of pyridine rings is 1. The van der Waals surface area contributed by atoms with E-state index in [1.807, 2.05) is 20.8 Å². The molecule has 11 nitrogen and oxygen atoms in total. The molecule has 0 radical (unpaired) electrons. The van der Waals surface area contributed by atoms with Crippen molar-refractivity contribution >= 4 is 27.1 Å². The Morgan fingerprint density at radius 2 is 1.82 bits per heavy atom. The van der Waals surface area contributed by atoms with E-state index in [0.29, 0.717) is 48.7 Å². The highest BCUT2D eigenvalue weighted by molar-refractivity contribution is 7.90. The molecule has 176 valence electrons. The van der Waals surface area contributed by atoms with Gasteiger partial charge >= 0.3 is 6.09 Å². The number of hydrogen-bond donors (Lipinski definition) is 0. The van der Waals surface area contributed by atoms with Crippen molar-refractivity contribution in [3.63, 3.8) is 0 Å². The molecule has 1 amide bonds. The molecule has 1 fully saturated rings. The third-order valence-electron chi connectivity index (χ3n) is 5.05. The molecule has 3 aromatic heterocycles. The summed E-state index contributed by atoms with van der Waals surface area (Å²) in [5, 5.41) is -0.00737. The molecule has 4 heterocycles. The van der Waals surface area contributed by atoms with Crippen molar-refractivity contribution in [3.8, 4) is 11.6 Å². The Bertz CT molecular complexity index is 1260. The van der Waals surface area contributed by atoms with Crippen LogP contribution in [0.1, 0.15) is 33.6 Å². The van der Waals surface area contributed by atoms with E-state index in [1.54, 1.807) is 21.9 Å². The molecule has 0 spiro atoms. The van der Waals surface area contributed by atoms with Crippen LogP contribution >= 0.6 is 0 Å². The molecular formula is C21H26N6O5S. The van der Waals surface area contributed by atoms with E-state index in [4.69, 9.17) is 9.47 Å². The Hall–Kier alpha value is -3.28. The van der Waals surface area contributed by atoms with Crippen molar-refractivity contribution in [1.29, 1.82) is 0 Å². The summed E-state index contributed by atoms with van der Waals surface area (Å²) in [7, 11) is -3.39. The number of nitrogens with zero attached hydrogens (tertiary/aromatic N) is 6. The number of fused-ring (bicyclic) bond motifs is 1. The molecule has 0 unspecified atom stereocenters. The van der Waals surface area contributed by atoms with E-state index in [2.05, 4.69) is 19.9 Å². The van der Waals surface area contributed by atoms with E-state index >= 15 is 0 Å². The molecule has 0 bridgehead atoms. The van der Waals surface area contributed by atoms with E-state index in [1.165, 1.54) is 18.6 Å². The lowest BCUT2D eigenvalue weighted by Crippen LogP contribution is -2.44. The summed E-state index contributed by atoms with van der Waals surface area (Å²) in [6, 6.07) is 3.08. The summed E-state index contributed by atoms with van der Waals surface area (Å²) >= 11 is 0. The van der Waals surface area contributed by atoms with Crippen molar-refractivity contribution in [1.82, 2.24) is 29.4 Å². The SMILES string of the molecule is CC(C)(C)OC(=O)N1CCC(Oc2ncnc3c2ncn3-c2ccc(S(C)(=O)=O)nc2)CC1. The van der Waals surface area contributed by atoms with Crippen molar-refractivity contribution in [3.05, 3.63) is 31.0 Å². The highest BCUT2D eigenvalue weighted by atomic mass is 32.2. The lowest BCUT2D eigenvalue weighted by molar-refractivity contribution is 0.0124. The quantitative estimate of drug-likeness (QED) is 0.559. The number of ether oxygens (including phenoxy) is 2. The van der Waals surface area contributed by atoms with Crippen molar-refractivity contribution in [2.75, 3.05) is 19.3 Å². The number of amides is 1. The maximum absolute atomic E-state index is 12.3. The minimum atomic E-state index is -3.39. The zero-order chi connectivity index (χ0) is 23.8. The van der Waals surface area contributed by atoms with Crippen LogP contribution in [-0.2, 0) is 14.6 Å². The fourth-order valence-corrected chi connectivity index (χ4v) is 4.02. The Morgan fingerprint density at radius 1 is 1.09 bits per heavy atom. The van der Waals surface area contributed by atoms with Crippen LogP contribution < -0.4 is 4.74 Å². The first-order valence-corrected chi connectivity index (χ1v) is 12.4. The van der Waals surface area contributed by atoms with Gasteiger partial charge < -0.3 is 14.4 Å². The zero-order valence-corrected chi connectivity index (χ0v) is 19.7. The number of piperidine rings is 1. The van der Waals surface area contributed by atoms with Crippen LogP contribution in [-0.4, -0.2) is 75.0 Å². The van der Waals surface area contributed by atoms with Gasteiger partial charge in [-0.3, -0.25) is 4.57 Å². The van der Waals surface area contributed by atoms with Crippen LogP contribution in [0.4, 0.5) is 4.79 Å². The predicted octanol–water partition coefficient (Wildman–Crippen LogP) is 2.39. The average Bonchev–Trinajstić information content (AvgIpc) is 3.18. The summed E-state index contributed by atoms with van der Waals surface area (Å²) in [6.45, 7) is 6.59. The number of sulfone groups is 1. The van der Waals surface area contributed by atoms with Gasteiger partial charge in [0, 0.05) is 32.2 Å². The Labute approximate surface area is 191 Å². The number of carbonyl (C=O) groups excluding carboxylic acids is 1. The smallest absolute Gasteiger partial charge is 0.410 e. The van der Waals surface area contributed by atoms with Gasteiger partial charge in [0.1, 0.15) is 24.4 Å². The van der Waals surface area contributed by atoms with Gasteiger partial charge in [-0.05, 0) is 32.9 Å². The Morgan fingerprint density at radius 3 is 2.42 bits per heavy atom. The van der Waals surface area contributed by atoms with Crippen molar-refractivity contribution < 1.29 is 22.7 Å². The average molecular weight is 475 g/mol. The topological polar surface area (TPSA) is 129 Å². The van der Waals surface area contributed by atoms with E-state index in [9.17, 15) is 13.2 Å². The van der Waals surface area contributed by atoms with E-state index in [0.717, 1.165) is 6.26 Å². The van der Waals surface area contributed by atoms with E-state index in [-0.39, 0.29) is 17.2 Å². The van der Waals surface area contributed by atoms with E-state index < -0.39 is 15.4 Å². The summed E-state index contributed by atoms with van der Waals surface area (Å²) in [6.07, 6.45) is 6.36. The lowest BCUT2D eigenvalue weighted by atomic mass is 10.1. The van der Waals surface area contributed by atoms with Crippen molar-refractivity contribution in [2.24, 2.45) is 0 Å². The first-order valence-electron chi connectivity index (χ1n) is 10.5. The molecule has 0 atom stereocenters. The zero-order valence-electron chi connectivity index (χ0n) is 18.9. The molecule has 0 N–H and O–H groups in total. The van der Waals surface area contributed by atoms with Gasteiger partial charge in [0.05, 0.1) is 11.9 Å². The third-order valence-corrected chi connectivity index (χ3v) is 6.05. The van der Waals surface area contributed by atoms with Crippen molar-refractivity contribution in [2.45, 2.75) is 50.3 Å². The van der Waals surface area contributed by atoms with Gasteiger partial charge in [0.2, 0.25) is 5.88 Å². The standard InChI is InChI=1S/C21H26N6O5S/c1-21(2,3)32-20(28)26-9-7-15(8-10-26)31-19-17-18(23-12-24-19)27(13-25-17)14-5-6-16(22-11-14)33(4,29)30/h5-6,11-13,15H,7-10H2,1-4H3. The highest BCUT2D eigenvalue weighted by Crippen LogP contribution is 2.26. The molecule has 0 aromatic carbocycles. The van der Waals surface area contributed by atoms with Crippen LogP contribution in [0.25, 0.3) is 16.9 Å². The molecule has 33 heavy (non-hydrogen) atoms. The van der Waals surface area contributed by atoms with Gasteiger partial charge in [0.25, 0.3) is 0 Å². The molecule has 12 heteroatoms. The number of imidazole rings is 1. The van der Waals surface area contributed by atoms with Gasteiger partial charge in [-0.15, -0.1) is 0 Å². The van der Waals surface area contributed by atoms with Gasteiger partial charge in [-0.1, -0.05) is 0 Å². The normalized spacial score (nSPS) is 15.6. The molecule has 1 aliphatic rings. The van der Waals surface area contributed by atoms with Gasteiger partial charge in [-0.25, -0.2) is 28.2 Å². The minimum absolute atomic E-state index is 0.00737. The minimum Gasteiger partial charge on any atom is -0.473 e. The lowest BCUT2D eigenvalue weighted by Gasteiger charge is -2.33. The number of aromatic nitrogens is 5. The molecule has 3 aromatic rings. The Balaban J connectivity index is 1.47. The fourth-order valence-electron chi connectivity index (χ4n) is 3.46. The molecule has 1 aliphatic heterocycles. The highest BCUT2D eigenvalue weighted by Gasteiger charge is 2.28. The molecule has 4 rings (SSSR count). The largest absolute Gasteiger partial charge is 0.473 e. The van der Waals surface area contributed by atoms with Crippen LogP contribution in [0.15, 0.2) is 36.0 Å². The van der Waals surface area contributed by atoms with Crippen LogP contribution in [0.5, 0.6) is 5.88 Å². The second-order valence-corrected chi connectivity index (χ2v) is 10.8. The number of hydrogen-bond acceptors (Lipinski definition) is 9. The summed E-state index contributed by atoms with van der Waals surface area (Å²) < 4.78 is 36.5. The number of likely N-dealkylation sites (tertiary alicyclic amines) is 1. The van der Waals surface area contributed by atoms with Crippen LogP contribution in [0.3, 0.4) is 0 Å². The Kier molecular flexibility index (Phi) is 5.95. The summed E-state index contributed by atoms with van der Waals surface area (Å²) in [4.78, 5) is 30.9. The first-order chi connectivity index (χ1) is 15.5. The summed E-state index contributed by atoms with van der Waals surface area (Å²) in [5.41, 5.74) is 1.08. The maximum Gasteiger partial charge on any atom is 0.410 e. The monoisotopic (exact) mass is 474 g/mol. The summed E-state index contributed by atoms with van der Waals surface area (Å²) in [5.74, 6) is 0.357. The first kappa shape index (κ1) is 22.9. The third kappa shape index (κ3) is 5.21. The number of rotatable bonds is 4. The second-order valence-electron chi connectivity index (χ2n) is 8.88. The molecule has 0 saturated carbocycles. The second kappa shape index (κ2) is 8.58. The molecular weight excluding hydrogens is 448 g/mol. The van der Waals surface area contributed by atoms with Gasteiger partial charge in [0.15, 0.2) is 26.0 Å². The predicted molar refractivity (Wildman–Crippen MR) is 119 cm³/mol. The van der Waals surface area contributed by atoms with Crippen LogP contribution in [0.2, 0.25) is 0 Å². The molecule has 1 saturated heterocycles. The molecule has 0 aliphatic carbocycles. The van der Waals surface area contributed by atoms with Gasteiger partial charge in [-0.2, -0.15) is 4.98 Å². The fraction of sp³-hybridized carbons (Fsp3) is 0.476. The maximum atomic E-state index is 12.3. The van der Waals surface area contributed by atoms with Crippen LogP contribution in [0, 0.1) is 0 Å².